The molecule has 3 heterocycles. The Balaban J connectivity index is 1.36. The summed E-state index contributed by atoms with van der Waals surface area (Å²) in [7, 11) is -3.92. The first kappa shape index (κ1) is 22.7. The second-order valence-electron chi connectivity index (χ2n) is 8.70. The van der Waals surface area contributed by atoms with E-state index in [-0.39, 0.29) is 17.3 Å². The first-order valence-corrected chi connectivity index (χ1v) is 13.0. The molecule has 2 aliphatic rings. The van der Waals surface area contributed by atoms with Crippen molar-refractivity contribution < 1.29 is 17.6 Å². The number of carbonyl (C=O) groups excluding carboxylic acids is 1. The van der Waals surface area contributed by atoms with Gasteiger partial charge in [-0.15, -0.1) is 10.2 Å². The Morgan fingerprint density at radius 2 is 1.82 bits per heavy atom. The molecular weight excluding hydrogens is 457 g/mol. The lowest BCUT2D eigenvalue weighted by Crippen LogP contribution is -2.43. The van der Waals surface area contributed by atoms with Crippen molar-refractivity contribution >= 4 is 21.6 Å². The number of anilines is 1. The van der Waals surface area contributed by atoms with Crippen LogP contribution in [0.3, 0.4) is 0 Å². The first-order chi connectivity index (χ1) is 16.4. The molecule has 0 spiro atoms. The highest BCUT2D eigenvalue weighted by molar-refractivity contribution is 7.89. The van der Waals surface area contributed by atoms with Crippen LogP contribution >= 0.6 is 0 Å². The zero-order chi connectivity index (χ0) is 23.7. The lowest BCUT2D eigenvalue weighted by Gasteiger charge is -2.23. The molecule has 0 aliphatic carbocycles. The monoisotopic (exact) mass is 483 g/mol. The van der Waals surface area contributed by atoms with Crippen LogP contribution in [0.25, 0.3) is 11.4 Å². The van der Waals surface area contributed by atoms with E-state index >= 15 is 0 Å². The summed E-state index contributed by atoms with van der Waals surface area (Å²) in [4.78, 5) is 13.1. The van der Waals surface area contributed by atoms with Crippen LogP contribution in [0.2, 0.25) is 0 Å². The van der Waals surface area contributed by atoms with Crippen LogP contribution in [0.1, 0.15) is 37.9 Å². The van der Waals surface area contributed by atoms with Crippen LogP contribution in [-0.2, 0) is 27.8 Å². The van der Waals surface area contributed by atoms with Crippen molar-refractivity contribution in [2.24, 2.45) is 0 Å². The van der Waals surface area contributed by atoms with Crippen molar-refractivity contribution in [1.29, 1.82) is 0 Å². The third-order valence-electron chi connectivity index (χ3n) is 6.42. The maximum absolute atomic E-state index is 13.3. The van der Waals surface area contributed by atoms with Gasteiger partial charge in [0.25, 0.3) is 0 Å². The normalized spacial score (nSPS) is 18.9. The van der Waals surface area contributed by atoms with Crippen LogP contribution in [0.4, 0.5) is 10.1 Å². The van der Waals surface area contributed by atoms with E-state index in [1.54, 1.807) is 6.07 Å². The van der Waals surface area contributed by atoms with Gasteiger partial charge in [0, 0.05) is 30.8 Å². The van der Waals surface area contributed by atoms with E-state index in [1.165, 1.54) is 16.4 Å². The van der Waals surface area contributed by atoms with Crippen LogP contribution < -0.4 is 5.32 Å². The highest BCUT2D eigenvalue weighted by Gasteiger charge is 2.39. The number of benzene rings is 2. The fourth-order valence-corrected chi connectivity index (χ4v) is 6.35. The molecule has 34 heavy (non-hydrogen) atoms. The van der Waals surface area contributed by atoms with Crippen LogP contribution in [0.15, 0.2) is 53.4 Å². The highest BCUT2D eigenvalue weighted by atomic mass is 32.2. The molecule has 8 nitrogen and oxygen atoms in total. The molecule has 1 atom stereocenters. The van der Waals surface area contributed by atoms with Gasteiger partial charge in [-0.2, -0.15) is 4.31 Å². The number of aromatic nitrogens is 3. The quantitative estimate of drug-likeness (QED) is 0.598. The average Bonchev–Trinajstić information content (AvgIpc) is 3.42. The minimum absolute atomic E-state index is 0.0249. The second-order valence-corrected chi connectivity index (χ2v) is 10.6. The Kier molecular flexibility index (Phi) is 6.18. The van der Waals surface area contributed by atoms with E-state index in [0.29, 0.717) is 18.5 Å². The molecule has 0 unspecified atom stereocenters. The molecule has 0 radical (unpaired) electrons. The van der Waals surface area contributed by atoms with E-state index in [0.717, 1.165) is 61.6 Å². The molecule has 1 saturated heterocycles. The van der Waals surface area contributed by atoms with Crippen molar-refractivity contribution in [2.45, 2.75) is 56.0 Å². The second kappa shape index (κ2) is 9.27. The molecule has 10 heteroatoms. The predicted octanol–water partition coefficient (Wildman–Crippen LogP) is 3.60. The third-order valence-corrected chi connectivity index (χ3v) is 8.35. The molecule has 1 N–H and O–H groups in total. The SMILES string of the molecule is O=C(Nc1cccc(-c2nnc3n2CCCCC3)c1)[C@@H]1CCCN1S(=O)(=O)c1ccc(F)cc1. The number of hydrogen-bond acceptors (Lipinski definition) is 5. The van der Waals surface area contributed by atoms with Gasteiger partial charge in [0.15, 0.2) is 5.82 Å². The molecule has 1 aromatic heterocycles. The van der Waals surface area contributed by atoms with E-state index in [9.17, 15) is 17.6 Å². The zero-order valence-corrected chi connectivity index (χ0v) is 19.5. The summed E-state index contributed by atoms with van der Waals surface area (Å²) in [5.41, 5.74) is 1.42. The maximum Gasteiger partial charge on any atom is 0.243 e. The van der Waals surface area contributed by atoms with Gasteiger partial charge in [0.2, 0.25) is 15.9 Å². The molecular formula is C24H26FN5O3S. The smallest absolute Gasteiger partial charge is 0.243 e. The van der Waals surface area contributed by atoms with Gasteiger partial charge in [0.05, 0.1) is 4.90 Å². The molecule has 0 bridgehead atoms. The number of halogens is 1. The molecule has 178 valence electrons. The van der Waals surface area contributed by atoms with Crippen LogP contribution in [-0.4, -0.2) is 46.0 Å². The minimum atomic E-state index is -3.92. The van der Waals surface area contributed by atoms with Gasteiger partial charge < -0.3 is 9.88 Å². The third kappa shape index (κ3) is 4.35. The fourth-order valence-electron chi connectivity index (χ4n) is 4.69. The predicted molar refractivity (Wildman–Crippen MR) is 125 cm³/mol. The van der Waals surface area contributed by atoms with Gasteiger partial charge in [0.1, 0.15) is 17.7 Å². The van der Waals surface area contributed by atoms with Crippen molar-refractivity contribution in [1.82, 2.24) is 19.1 Å². The minimum Gasteiger partial charge on any atom is -0.325 e. The van der Waals surface area contributed by atoms with E-state index < -0.39 is 21.9 Å². The number of aryl methyl sites for hydroxylation is 1. The topological polar surface area (TPSA) is 97.2 Å². The van der Waals surface area contributed by atoms with Gasteiger partial charge in [-0.25, -0.2) is 12.8 Å². The van der Waals surface area contributed by atoms with E-state index in [4.69, 9.17) is 0 Å². The average molecular weight is 484 g/mol. The summed E-state index contributed by atoms with van der Waals surface area (Å²) >= 11 is 0. The molecule has 5 rings (SSSR count). The van der Waals surface area contributed by atoms with Crippen LogP contribution in [0.5, 0.6) is 0 Å². The summed E-state index contributed by atoms with van der Waals surface area (Å²) in [6.45, 7) is 1.11. The van der Waals surface area contributed by atoms with Crippen molar-refractivity contribution in [3.8, 4) is 11.4 Å². The van der Waals surface area contributed by atoms with Gasteiger partial charge >= 0.3 is 0 Å². The Hall–Kier alpha value is -3.11. The lowest BCUT2D eigenvalue weighted by molar-refractivity contribution is -0.119. The number of nitrogens with zero attached hydrogens (tertiary/aromatic N) is 4. The van der Waals surface area contributed by atoms with Crippen molar-refractivity contribution in [3.63, 3.8) is 0 Å². The number of carbonyl (C=O) groups is 1. The Morgan fingerprint density at radius 1 is 1.00 bits per heavy atom. The number of rotatable bonds is 5. The van der Waals surface area contributed by atoms with E-state index in [2.05, 4.69) is 20.1 Å². The summed E-state index contributed by atoms with van der Waals surface area (Å²) in [6.07, 6.45) is 5.25. The first-order valence-electron chi connectivity index (χ1n) is 11.5. The van der Waals surface area contributed by atoms with E-state index in [1.807, 2.05) is 18.2 Å². The van der Waals surface area contributed by atoms with Gasteiger partial charge in [-0.05, 0) is 62.1 Å². The zero-order valence-electron chi connectivity index (χ0n) is 18.7. The van der Waals surface area contributed by atoms with Gasteiger partial charge in [-0.3, -0.25) is 4.79 Å². The Bertz CT molecular complexity index is 1310. The lowest BCUT2D eigenvalue weighted by atomic mass is 10.1. The number of sulfonamides is 1. The summed E-state index contributed by atoms with van der Waals surface area (Å²) in [6, 6.07) is 11.2. The number of nitrogens with one attached hydrogen (secondary N) is 1. The maximum atomic E-state index is 13.3. The molecule has 3 aromatic rings. The Labute approximate surface area is 197 Å². The molecule has 2 aliphatic heterocycles. The van der Waals surface area contributed by atoms with Crippen LogP contribution in [0, 0.1) is 5.82 Å². The van der Waals surface area contributed by atoms with Crippen molar-refractivity contribution in [3.05, 3.63) is 60.2 Å². The number of fused-ring (bicyclic) bond motifs is 1. The number of amides is 1. The Morgan fingerprint density at radius 3 is 2.65 bits per heavy atom. The largest absolute Gasteiger partial charge is 0.325 e. The summed E-state index contributed by atoms with van der Waals surface area (Å²) in [5.74, 6) is 0.850. The fraction of sp³-hybridized carbons (Fsp3) is 0.375. The standard InChI is InChI=1S/C24H26FN5O3S/c25-18-10-12-20(13-11-18)34(32,33)30-15-5-8-21(30)24(31)26-19-7-4-6-17(16-19)23-28-27-22-9-2-1-3-14-29(22)23/h4,6-7,10-13,16,21H,1-3,5,8-9,14-15H2,(H,26,31)/t21-/m0/s1. The number of hydrogen-bond donors (Lipinski definition) is 1. The molecule has 1 fully saturated rings. The molecule has 1 amide bonds. The highest BCUT2D eigenvalue weighted by Crippen LogP contribution is 2.29. The molecule has 0 saturated carbocycles. The summed E-state index contributed by atoms with van der Waals surface area (Å²) < 4.78 is 42.8. The van der Waals surface area contributed by atoms with Crippen molar-refractivity contribution in [2.75, 3.05) is 11.9 Å². The van der Waals surface area contributed by atoms with Gasteiger partial charge in [-0.1, -0.05) is 18.6 Å². The summed E-state index contributed by atoms with van der Waals surface area (Å²) in [5, 5.41) is 11.6. The molecule has 2 aromatic carbocycles.